The van der Waals surface area contributed by atoms with Crippen LogP contribution < -0.4 is 4.74 Å². The molecule has 0 aliphatic carbocycles. The molecule has 0 fully saturated rings. The topological polar surface area (TPSA) is 44.2 Å². The number of methoxy groups -OCH3 is 1. The van der Waals surface area contributed by atoms with E-state index in [2.05, 4.69) is 25.9 Å². The van der Waals surface area contributed by atoms with Gasteiger partial charge in [0, 0.05) is 19.7 Å². The number of rotatable bonds is 5. The Morgan fingerprint density at radius 3 is 2.87 bits per heavy atom. The summed E-state index contributed by atoms with van der Waals surface area (Å²) in [6, 6.07) is 0. The van der Waals surface area contributed by atoms with Crippen LogP contribution in [0.4, 0.5) is 0 Å². The minimum Gasteiger partial charge on any atom is -0.471 e. The first-order valence-corrected chi connectivity index (χ1v) is 5.63. The summed E-state index contributed by atoms with van der Waals surface area (Å²) in [7, 11) is 1.65. The molecule has 0 N–H and O–H groups in total. The van der Waals surface area contributed by atoms with Gasteiger partial charge in [-0.2, -0.15) is 4.98 Å². The van der Waals surface area contributed by atoms with E-state index in [9.17, 15) is 0 Å². The molecule has 0 saturated heterocycles. The molecule has 5 heteroatoms. The number of nitrogens with zero attached hydrogens (tertiary/aromatic N) is 2. The zero-order valence-electron chi connectivity index (χ0n) is 9.16. The van der Waals surface area contributed by atoms with Crippen molar-refractivity contribution in [2.45, 2.75) is 26.4 Å². The zero-order chi connectivity index (χ0) is 11.3. The Morgan fingerprint density at radius 1 is 1.53 bits per heavy atom. The smallest absolute Gasteiger partial charge is 0.231 e. The third-order valence-electron chi connectivity index (χ3n) is 1.79. The van der Waals surface area contributed by atoms with E-state index in [1.807, 2.05) is 13.8 Å². The molecule has 0 amide bonds. The molecule has 0 aliphatic heterocycles. The monoisotopic (exact) mass is 274 g/mol. The second-order valence-electron chi connectivity index (χ2n) is 3.18. The van der Waals surface area contributed by atoms with Gasteiger partial charge in [-0.3, -0.25) is 0 Å². The van der Waals surface area contributed by atoms with E-state index in [-0.39, 0.29) is 6.10 Å². The first-order chi connectivity index (χ1) is 7.17. The predicted octanol–water partition coefficient (Wildman–Crippen LogP) is 2.22. The third-order valence-corrected chi connectivity index (χ3v) is 2.34. The van der Waals surface area contributed by atoms with Gasteiger partial charge in [-0.25, -0.2) is 4.98 Å². The van der Waals surface area contributed by atoms with E-state index in [4.69, 9.17) is 9.47 Å². The van der Waals surface area contributed by atoms with Crippen LogP contribution in [-0.2, 0) is 11.2 Å². The van der Waals surface area contributed by atoms with E-state index in [1.54, 1.807) is 13.3 Å². The van der Waals surface area contributed by atoms with Gasteiger partial charge in [-0.15, -0.1) is 0 Å². The lowest BCUT2D eigenvalue weighted by atomic mass is 10.4. The highest BCUT2D eigenvalue weighted by molar-refractivity contribution is 9.10. The Balaban J connectivity index is 2.74. The summed E-state index contributed by atoms with van der Waals surface area (Å²) in [6.45, 7) is 4.48. The molecule has 0 aliphatic rings. The summed E-state index contributed by atoms with van der Waals surface area (Å²) in [4.78, 5) is 8.42. The molecule has 4 nitrogen and oxygen atoms in total. The van der Waals surface area contributed by atoms with Gasteiger partial charge < -0.3 is 9.47 Å². The molecule has 1 heterocycles. The Bertz CT molecular complexity index is 320. The van der Waals surface area contributed by atoms with Crippen LogP contribution >= 0.6 is 15.9 Å². The number of hydrogen-bond acceptors (Lipinski definition) is 4. The second-order valence-corrected chi connectivity index (χ2v) is 4.03. The van der Waals surface area contributed by atoms with Crippen molar-refractivity contribution in [3.05, 3.63) is 16.5 Å². The Morgan fingerprint density at radius 2 is 2.27 bits per heavy atom. The average Bonchev–Trinajstić information content (AvgIpc) is 2.21. The van der Waals surface area contributed by atoms with Crippen LogP contribution in [0.5, 0.6) is 5.88 Å². The van der Waals surface area contributed by atoms with Crippen molar-refractivity contribution in [2.75, 3.05) is 13.7 Å². The largest absolute Gasteiger partial charge is 0.471 e. The van der Waals surface area contributed by atoms with Gasteiger partial charge >= 0.3 is 0 Å². The van der Waals surface area contributed by atoms with Crippen LogP contribution in [0.15, 0.2) is 10.7 Å². The van der Waals surface area contributed by atoms with Gasteiger partial charge in [0.1, 0.15) is 11.9 Å². The van der Waals surface area contributed by atoms with Crippen molar-refractivity contribution in [2.24, 2.45) is 0 Å². The molecule has 0 saturated carbocycles. The van der Waals surface area contributed by atoms with Crippen molar-refractivity contribution in [3.63, 3.8) is 0 Å². The maximum Gasteiger partial charge on any atom is 0.231 e. The van der Waals surface area contributed by atoms with E-state index in [1.165, 1.54) is 0 Å². The Labute approximate surface area is 98.2 Å². The Kier molecular flexibility index (Phi) is 4.98. The second kappa shape index (κ2) is 6.02. The summed E-state index contributed by atoms with van der Waals surface area (Å²) in [5, 5.41) is 0. The summed E-state index contributed by atoms with van der Waals surface area (Å²) in [6.07, 6.45) is 2.48. The lowest BCUT2D eigenvalue weighted by Gasteiger charge is -2.14. The SMILES string of the molecule is CCc1ncc(Br)c(OC(C)COC)n1. The van der Waals surface area contributed by atoms with Crippen LogP contribution in [0, 0.1) is 0 Å². The molecule has 0 spiro atoms. The van der Waals surface area contributed by atoms with Crippen molar-refractivity contribution in [1.82, 2.24) is 9.97 Å². The molecule has 0 aromatic carbocycles. The minimum absolute atomic E-state index is 0.0223. The predicted molar refractivity (Wildman–Crippen MR) is 61.1 cm³/mol. The van der Waals surface area contributed by atoms with E-state index in [0.29, 0.717) is 12.5 Å². The van der Waals surface area contributed by atoms with E-state index >= 15 is 0 Å². The van der Waals surface area contributed by atoms with E-state index < -0.39 is 0 Å². The lowest BCUT2D eigenvalue weighted by molar-refractivity contribution is 0.0881. The van der Waals surface area contributed by atoms with Gasteiger partial charge in [-0.05, 0) is 22.9 Å². The first kappa shape index (κ1) is 12.4. The minimum atomic E-state index is -0.0223. The molecule has 1 atom stereocenters. The standard InChI is InChI=1S/C10H15BrN2O2/c1-4-9-12-5-8(11)10(13-9)15-7(2)6-14-3/h5,7H,4,6H2,1-3H3. The van der Waals surface area contributed by atoms with Gasteiger partial charge in [0.15, 0.2) is 0 Å². The highest BCUT2D eigenvalue weighted by atomic mass is 79.9. The molecule has 1 rings (SSSR count). The molecule has 15 heavy (non-hydrogen) atoms. The number of hydrogen-bond donors (Lipinski definition) is 0. The highest BCUT2D eigenvalue weighted by Gasteiger charge is 2.09. The van der Waals surface area contributed by atoms with Gasteiger partial charge in [0.05, 0.1) is 11.1 Å². The number of aryl methyl sites for hydroxylation is 1. The quantitative estimate of drug-likeness (QED) is 0.826. The molecule has 1 aromatic rings. The third kappa shape index (κ3) is 3.76. The lowest BCUT2D eigenvalue weighted by Crippen LogP contribution is -2.19. The summed E-state index contributed by atoms with van der Waals surface area (Å²) < 4.78 is 11.4. The van der Waals surface area contributed by atoms with Crippen LogP contribution in [-0.4, -0.2) is 29.8 Å². The number of ether oxygens (including phenoxy) is 2. The zero-order valence-corrected chi connectivity index (χ0v) is 10.7. The molecule has 1 aromatic heterocycles. The van der Waals surface area contributed by atoms with Gasteiger partial charge in [0.2, 0.25) is 5.88 Å². The van der Waals surface area contributed by atoms with Gasteiger partial charge in [-0.1, -0.05) is 6.92 Å². The highest BCUT2D eigenvalue weighted by Crippen LogP contribution is 2.22. The molecule has 0 radical (unpaired) electrons. The van der Waals surface area contributed by atoms with E-state index in [0.717, 1.165) is 16.7 Å². The average molecular weight is 275 g/mol. The Hall–Kier alpha value is -0.680. The molecule has 0 bridgehead atoms. The van der Waals surface area contributed by atoms with Crippen LogP contribution in [0.25, 0.3) is 0 Å². The molecular formula is C10H15BrN2O2. The molecular weight excluding hydrogens is 260 g/mol. The number of halogens is 1. The molecule has 84 valence electrons. The first-order valence-electron chi connectivity index (χ1n) is 4.84. The summed E-state index contributed by atoms with van der Waals surface area (Å²) >= 11 is 3.35. The molecule has 1 unspecified atom stereocenters. The van der Waals surface area contributed by atoms with Crippen molar-refractivity contribution in [1.29, 1.82) is 0 Å². The maximum absolute atomic E-state index is 5.61. The van der Waals surface area contributed by atoms with Crippen molar-refractivity contribution in [3.8, 4) is 5.88 Å². The fourth-order valence-electron chi connectivity index (χ4n) is 1.10. The van der Waals surface area contributed by atoms with Gasteiger partial charge in [0.25, 0.3) is 0 Å². The fraction of sp³-hybridized carbons (Fsp3) is 0.600. The van der Waals surface area contributed by atoms with Crippen LogP contribution in [0.2, 0.25) is 0 Å². The van der Waals surface area contributed by atoms with Crippen molar-refractivity contribution < 1.29 is 9.47 Å². The normalized spacial score (nSPS) is 12.5. The van der Waals surface area contributed by atoms with Crippen LogP contribution in [0.1, 0.15) is 19.7 Å². The maximum atomic E-state index is 5.61. The summed E-state index contributed by atoms with van der Waals surface area (Å²) in [5.74, 6) is 1.35. The summed E-state index contributed by atoms with van der Waals surface area (Å²) in [5.41, 5.74) is 0. The number of aromatic nitrogens is 2. The van der Waals surface area contributed by atoms with Crippen LogP contribution in [0.3, 0.4) is 0 Å². The fourth-order valence-corrected chi connectivity index (χ4v) is 1.38. The van der Waals surface area contributed by atoms with Crippen molar-refractivity contribution >= 4 is 15.9 Å².